The van der Waals surface area contributed by atoms with Gasteiger partial charge in [0.25, 0.3) is 0 Å². The first kappa shape index (κ1) is 13.4. The average Bonchev–Trinajstić information content (AvgIpc) is 2.76. The molecule has 1 aliphatic rings. The number of nitrogens with zero attached hydrogens (tertiary/aromatic N) is 1. The number of rotatable bonds is 4. The lowest BCUT2D eigenvalue weighted by Gasteiger charge is -2.18. The molecule has 0 saturated carbocycles. The van der Waals surface area contributed by atoms with E-state index < -0.39 is 18.3 Å². The van der Waals surface area contributed by atoms with Crippen molar-refractivity contribution in [3.05, 3.63) is 24.3 Å². The smallest absolute Gasteiger partial charge is 0.428 e. The van der Waals surface area contributed by atoms with Gasteiger partial charge in [-0.15, -0.1) is 0 Å². The molecule has 8 heteroatoms. The van der Waals surface area contributed by atoms with E-state index in [1.165, 1.54) is 17.0 Å². The molecule has 1 aromatic rings. The fraction of sp³-hybridized carbons (Fsp3) is 0.364. The number of amides is 2. The number of anilines is 1. The van der Waals surface area contributed by atoms with Crippen molar-refractivity contribution >= 4 is 11.7 Å². The van der Waals surface area contributed by atoms with Crippen molar-refractivity contribution in [2.75, 3.05) is 18.0 Å². The summed E-state index contributed by atoms with van der Waals surface area (Å²) >= 11 is 0. The molecule has 19 heavy (non-hydrogen) atoms. The molecule has 2 rings (SSSR count). The molecule has 0 aliphatic carbocycles. The molecule has 0 unspecified atom stereocenters. The first-order chi connectivity index (χ1) is 8.90. The van der Waals surface area contributed by atoms with Gasteiger partial charge in [0.1, 0.15) is 5.75 Å². The Kier molecular flexibility index (Phi) is 3.50. The first-order valence-corrected chi connectivity index (χ1v) is 5.40. The van der Waals surface area contributed by atoms with Gasteiger partial charge in [0, 0.05) is 18.8 Å². The number of ether oxygens (including phenoxy) is 1. The van der Waals surface area contributed by atoms with Gasteiger partial charge in [-0.1, -0.05) is 0 Å². The number of nitrogens with one attached hydrogen (secondary N) is 1. The Labute approximate surface area is 105 Å². The van der Waals surface area contributed by atoms with Crippen molar-refractivity contribution < 1.29 is 27.1 Å². The number of hydrogen-bond donors (Lipinski definition) is 1. The number of urea groups is 1. The van der Waals surface area contributed by atoms with Gasteiger partial charge in [-0.3, -0.25) is 4.90 Å². The largest absolute Gasteiger partial charge is 0.461 e. The molecule has 1 fully saturated rings. The Morgan fingerprint density at radius 2 is 1.89 bits per heavy atom. The van der Waals surface area contributed by atoms with Crippen LogP contribution in [-0.4, -0.2) is 31.7 Å². The van der Waals surface area contributed by atoms with E-state index in [1.807, 2.05) is 0 Å². The van der Waals surface area contributed by atoms with Crippen molar-refractivity contribution in [3.8, 4) is 5.75 Å². The summed E-state index contributed by atoms with van der Waals surface area (Å²) in [6.07, 6.45) is -8.44. The van der Waals surface area contributed by atoms with Crippen molar-refractivity contribution in [1.82, 2.24) is 5.32 Å². The zero-order valence-electron chi connectivity index (χ0n) is 9.58. The summed E-state index contributed by atoms with van der Waals surface area (Å²) in [4.78, 5) is 12.7. The third-order valence-corrected chi connectivity index (χ3v) is 2.51. The molecule has 1 N–H and O–H groups in total. The molecule has 0 spiro atoms. The second-order valence-electron chi connectivity index (χ2n) is 3.84. The maximum absolute atomic E-state index is 12.6. The average molecular weight is 278 g/mol. The maximum atomic E-state index is 12.6. The van der Waals surface area contributed by atoms with Gasteiger partial charge >= 0.3 is 18.6 Å². The van der Waals surface area contributed by atoms with Crippen LogP contribution < -0.4 is 15.0 Å². The second-order valence-corrected chi connectivity index (χ2v) is 3.84. The Balaban J connectivity index is 2.08. The predicted molar refractivity (Wildman–Crippen MR) is 58.8 cm³/mol. The van der Waals surface area contributed by atoms with Crippen LogP contribution in [0.5, 0.6) is 5.75 Å². The Bertz CT molecular complexity index is 464. The van der Waals surface area contributed by atoms with Gasteiger partial charge in [0.15, 0.2) is 0 Å². The SMILES string of the molecule is O=C1NCCN1c1ccc(OC(F)(F)C(F)F)cc1. The Morgan fingerprint density at radius 1 is 1.26 bits per heavy atom. The van der Waals surface area contributed by atoms with E-state index in [0.29, 0.717) is 18.8 Å². The molecular weight excluding hydrogens is 268 g/mol. The van der Waals surface area contributed by atoms with Crippen LogP contribution in [0.1, 0.15) is 0 Å². The van der Waals surface area contributed by atoms with Crippen LogP contribution in [-0.2, 0) is 0 Å². The lowest BCUT2D eigenvalue weighted by atomic mass is 10.3. The number of carbonyl (C=O) groups excluding carboxylic acids is 1. The molecule has 2 amide bonds. The minimum atomic E-state index is -4.54. The monoisotopic (exact) mass is 278 g/mol. The molecule has 1 heterocycles. The van der Waals surface area contributed by atoms with E-state index in [-0.39, 0.29) is 6.03 Å². The molecule has 0 atom stereocenters. The Hall–Kier alpha value is -1.99. The van der Waals surface area contributed by atoms with E-state index in [9.17, 15) is 22.4 Å². The summed E-state index contributed by atoms with van der Waals surface area (Å²) < 4.78 is 53.1. The summed E-state index contributed by atoms with van der Waals surface area (Å²) in [5.74, 6) is -0.395. The highest BCUT2D eigenvalue weighted by Gasteiger charge is 2.43. The molecule has 1 aromatic carbocycles. The van der Waals surface area contributed by atoms with Gasteiger partial charge in [0.05, 0.1) is 0 Å². The predicted octanol–water partition coefficient (Wildman–Crippen LogP) is 2.45. The number of hydrogen-bond acceptors (Lipinski definition) is 2. The minimum absolute atomic E-state index is 0.299. The maximum Gasteiger partial charge on any atom is 0.461 e. The van der Waals surface area contributed by atoms with E-state index in [0.717, 1.165) is 12.1 Å². The molecule has 0 radical (unpaired) electrons. The third-order valence-electron chi connectivity index (χ3n) is 2.51. The minimum Gasteiger partial charge on any atom is -0.428 e. The van der Waals surface area contributed by atoms with Crippen LogP contribution in [0.4, 0.5) is 28.0 Å². The molecule has 104 valence electrons. The van der Waals surface area contributed by atoms with Crippen LogP contribution in [0.25, 0.3) is 0 Å². The standard InChI is InChI=1S/C11H10F4N2O2/c12-9(13)11(14,15)19-8-3-1-7(2-4-8)17-6-5-16-10(17)18/h1-4,9H,5-6H2,(H,16,18). The molecule has 0 bridgehead atoms. The van der Waals surface area contributed by atoms with Gasteiger partial charge in [0.2, 0.25) is 0 Å². The van der Waals surface area contributed by atoms with E-state index in [2.05, 4.69) is 10.1 Å². The summed E-state index contributed by atoms with van der Waals surface area (Å²) in [5.41, 5.74) is 0.475. The van der Waals surface area contributed by atoms with Crippen LogP contribution in [0, 0.1) is 0 Å². The number of carbonyl (C=O) groups is 1. The fourth-order valence-electron chi connectivity index (χ4n) is 1.61. The zero-order chi connectivity index (χ0) is 14.0. The third kappa shape index (κ3) is 2.88. The first-order valence-electron chi connectivity index (χ1n) is 5.40. The van der Waals surface area contributed by atoms with Crippen LogP contribution in [0.3, 0.4) is 0 Å². The molecule has 0 aromatic heterocycles. The highest BCUT2D eigenvalue weighted by molar-refractivity contribution is 5.94. The quantitative estimate of drug-likeness (QED) is 0.859. The van der Waals surface area contributed by atoms with Crippen LogP contribution in [0.2, 0.25) is 0 Å². The summed E-state index contributed by atoms with van der Waals surface area (Å²) in [7, 11) is 0. The zero-order valence-corrected chi connectivity index (χ0v) is 9.58. The summed E-state index contributed by atoms with van der Waals surface area (Å²) in [6.45, 7) is 0.937. The Morgan fingerprint density at radius 3 is 2.37 bits per heavy atom. The van der Waals surface area contributed by atoms with Gasteiger partial charge < -0.3 is 10.1 Å². The van der Waals surface area contributed by atoms with Gasteiger partial charge in [-0.05, 0) is 24.3 Å². The fourth-order valence-corrected chi connectivity index (χ4v) is 1.61. The van der Waals surface area contributed by atoms with E-state index in [4.69, 9.17) is 0 Å². The van der Waals surface area contributed by atoms with E-state index >= 15 is 0 Å². The number of alkyl halides is 4. The summed E-state index contributed by atoms with van der Waals surface area (Å²) in [6, 6.07) is 4.62. The van der Waals surface area contributed by atoms with Crippen molar-refractivity contribution in [3.63, 3.8) is 0 Å². The van der Waals surface area contributed by atoms with Crippen molar-refractivity contribution in [1.29, 1.82) is 0 Å². The van der Waals surface area contributed by atoms with Gasteiger partial charge in [-0.2, -0.15) is 17.6 Å². The molecule has 4 nitrogen and oxygen atoms in total. The normalized spacial score (nSPS) is 15.8. The molecule has 1 saturated heterocycles. The van der Waals surface area contributed by atoms with Crippen LogP contribution in [0.15, 0.2) is 24.3 Å². The molecular formula is C11H10F4N2O2. The lowest BCUT2D eigenvalue weighted by Crippen LogP contribution is -2.33. The number of benzene rings is 1. The lowest BCUT2D eigenvalue weighted by molar-refractivity contribution is -0.253. The van der Waals surface area contributed by atoms with Crippen molar-refractivity contribution in [2.24, 2.45) is 0 Å². The van der Waals surface area contributed by atoms with E-state index in [1.54, 1.807) is 0 Å². The van der Waals surface area contributed by atoms with Crippen LogP contribution >= 0.6 is 0 Å². The number of halogens is 4. The highest BCUT2D eigenvalue weighted by atomic mass is 19.3. The van der Waals surface area contributed by atoms with Gasteiger partial charge in [-0.25, -0.2) is 4.79 Å². The second kappa shape index (κ2) is 4.94. The highest BCUT2D eigenvalue weighted by Crippen LogP contribution is 2.29. The van der Waals surface area contributed by atoms with Crippen molar-refractivity contribution in [2.45, 2.75) is 12.5 Å². The molecule has 1 aliphatic heterocycles. The topological polar surface area (TPSA) is 41.6 Å². The summed E-state index contributed by atoms with van der Waals surface area (Å²) in [5, 5.41) is 2.57.